The molecule has 0 aliphatic rings. The van der Waals surface area contributed by atoms with Crippen LogP contribution in [0.15, 0.2) is 27.3 Å². The largest absolute Gasteiger partial charge is 0.469 e. The zero-order chi connectivity index (χ0) is 16.1. The molecular weight excluding hydrogens is 288 g/mol. The molecule has 2 aromatic rings. The second-order valence-electron chi connectivity index (χ2n) is 4.76. The molecule has 2 amide bonds. The maximum absolute atomic E-state index is 12.1. The minimum Gasteiger partial charge on any atom is -0.469 e. The topological polar surface area (TPSA) is 109 Å². The van der Waals surface area contributed by atoms with Crippen molar-refractivity contribution in [3.05, 3.63) is 35.5 Å². The fourth-order valence-electron chi connectivity index (χ4n) is 1.83. The van der Waals surface area contributed by atoms with Gasteiger partial charge >= 0.3 is 0 Å². The van der Waals surface area contributed by atoms with Crippen molar-refractivity contribution in [3.63, 3.8) is 0 Å². The number of hydrogen-bond acceptors (Lipinski definition) is 6. The molecule has 0 fully saturated rings. The van der Waals surface area contributed by atoms with Crippen molar-refractivity contribution in [2.75, 3.05) is 5.32 Å². The molecule has 0 bridgehead atoms. The molecule has 0 aromatic carbocycles. The van der Waals surface area contributed by atoms with E-state index in [0.717, 1.165) is 0 Å². The summed E-state index contributed by atoms with van der Waals surface area (Å²) in [6.07, 6.45) is 1.91. The number of amides is 2. The number of nitrogens with one attached hydrogen (secondary N) is 3. The van der Waals surface area contributed by atoms with Crippen LogP contribution in [0.3, 0.4) is 0 Å². The Morgan fingerprint density at radius 2 is 2.14 bits per heavy atom. The van der Waals surface area contributed by atoms with Crippen molar-refractivity contribution in [2.24, 2.45) is 0 Å². The van der Waals surface area contributed by atoms with Crippen molar-refractivity contribution in [1.29, 1.82) is 0 Å². The zero-order valence-corrected chi connectivity index (χ0v) is 12.6. The normalized spacial score (nSPS) is 12.0. The maximum Gasteiger partial charge on any atom is 0.268 e. The highest BCUT2D eigenvalue weighted by Crippen LogP contribution is 2.09. The molecule has 2 rings (SSSR count). The molecule has 2 heterocycles. The van der Waals surface area contributed by atoms with Gasteiger partial charge in [-0.1, -0.05) is 12.1 Å². The quantitative estimate of drug-likeness (QED) is 0.698. The van der Waals surface area contributed by atoms with E-state index in [1.54, 1.807) is 26.0 Å². The summed E-state index contributed by atoms with van der Waals surface area (Å²) in [6, 6.07) is 2.57. The summed E-state index contributed by atoms with van der Waals surface area (Å²) in [5, 5.41) is 6.29. The van der Waals surface area contributed by atoms with Crippen LogP contribution in [0.4, 0.5) is 5.82 Å². The van der Waals surface area contributed by atoms with Gasteiger partial charge in [0.05, 0.1) is 11.8 Å². The van der Waals surface area contributed by atoms with Crippen LogP contribution < -0.4 is 16.2 Å². The molecule has 0 aliphatic carbocycles. The first-order chi connectivity index (χ1) is 10.5. The van der Waals surface area contributed by atoms with Crippen LogP contribution in [0.5, 0.6) is 0 Å². The summed E-state index contributed by atoms with van der Waals surface area (Å²) in [6.45, 7) is 5.23. The second kappa shape index (κ2) is 6.90. The third-order valence-corrected chi connectivity index (χ3v) is 3.07. The Labute approximate surface area is 127 Å². The summed E-state index contributed by atoms with van der Waals surface area (Å²) in [7, 11) is 0. The standard InChI is InChI=1S/C14H18N4O4/c1-4-11(14(20)15-12-7-8(2)22-18-12)16-17-13(19)10-5-6-21-9(10)3/h5-7,11,16H,4H2,1-3H3,(H,17,19)(H,15,18,20)/t11-/m1/s1. The smallest absolute Gasteiger partial charge is 0.268 e. The number of hydrogen-bond donors (Lipinski definition) is 3. The number of carbonyl (C=O) groups excluding carboxylic acids is 2. The second-order valence-corrected chi connectivity index (χ2v) is 4.76. The van der Waals surface area contributed by atoms with Gasteiger partial charge in [0.2, 0.25) is 5.91 Å². The predicted molar refractivity (Wildman–Crippen MR) is 78.0 cm³/mol. The van der Waals surface area contributed by atoms with E-state index >= 15 is 0 Å². The van der Waals surface area contributed by atoms with Gasteiger partial charge in [-0.25, -0.2) is 5.43 Å². The van der Waals surface area contributed by atoms with Crippen LogP contribution in [0.2, 0.25) is 0 Å². The van der Waals surface area contributed by atoms with Gasteiger partial charge in [-0.2, -0.15) is 0 Å². The van der Waals surface area contributed by atoms with Crippen LogP contribution in [-0.4, -0.2) is 23.0 Å². The number of aryl methyl sites for hydroxylation is 2. The van der Waals surface area contributed by atoms with E-state index in [9.17, 15) is 9.59 Å². The lowest BCUT2D eigenvalue weighted by Gasteiger charge is -2.16. The van der Waals surface area contributed by atoms with Gasteiger partial charge in [-0.15, -0.1) is 0 Å². The van der Waals surface area contributed by atoms with E-state index in [4.69, 9.17) is 8.94 Å². The molecule has 1 atom stereocenters. The predicted octanol–water partition coefficient (Wildman–Crippen LogP) is 1.54. The molecule has 8 nitrogen and oxygen atoms in total. The fraction of sp³-hybridized carbons (Fsp3) is 0.357. The fourth-order valence-corrected chi connectivity index (χ4v) is 1.83. The highest BCUT2D eigenvalue weighted by molar-refractivity contribution is 5.96. The SMILES string of the molecule is CC[C@@H](NNC(=O)c1ccoc1C)C(=O)Nc1cc(C)on1. The number of nitrogens with zero attached hydrogens (tertiary/aromatic N) is 1. The van der Waals surface area contributed by atoms with E-state index < -0.39 is 6.04 Å². The first-order valence-electron chi connectivity index (χ1n) is 6.85. The van der Waals surface area contributed by atoms with Gasteiger partial charge in [0.15, 0.2) is 5.82 Å². The Morgan fingerprint density at radius 3 is 2.68 bits per heavy atom. The lowest BCUT2D eigenvalue weighted by Crippen LogP contribution is -2.49. The molecule has 22 heavy (non-hydrogen) atoms. The number of carbonyl (C=O) groups is 2. The van der Waals surface area contributed by atoms with Gasteiger partial charge in [0.1, 0.15) is 17.6 Å². The van der Waals surface area contributed by atoms with Gasteiger partial charge in [-0.3, -0.25) is 15.0 Å². The number of rotatable bonds is 6. The molecule has 0 radical (unpaired) electrons. The van der Waals surface area contributed by atoms with Gasteiger partial charge in [0, 0.05) is 6.07 Å². The molecular formula is C14H18N4O4. The summed E-state index contributed by atoms with van der Waals surface area (Å²) < 4.78 is 9.93. The summed E-state index contributed by atoms with van der Waals surface area (Å²) >= 11 is 0. The van der Waals surface area contributed by atoms with Crippen molar-refractivity contribution in [1.82, 2.24) is 16.0 Å². The van der Waals surface area contributed by atoms with Gasteiger partial charge < -0.3 is 14.3 Å². The molecule has 8 heteroatoms. The monoisotopic (exact) mass is 306 g/mol. The van der Waals surface area contributed by atoms with E-state index in [-0.39, 0.29) is 11.8 Å². The molecule has 0 aliphatic heterocycles. The van der Waals surface area contributed by atoms with Crippen molar-refractivity contribution < 1.29 is 18.5 Å². The summed E-state index contributed by atoms with van der Waals surface area (Å²) in [4.78, 5) is 24.0. The van der Waals surface area contributed by atoms with E-state index in [0.29, 0.717) is 29.3 Å². The lowest BCUT2D eigenvalue weighted by atomic mass is 10.2. The average Bonchev–Trinajstić information content (AvgIpc) is 3.08. The molecule has 0 spiro atoms. The maximum atomic E-state index is 12.1. The average molecular weight is 306 g/mol. The lowest BCUT2D eigenvalue weighted by molar-refractivity contribution is -0.118. The number of furan rings is 1. The van der Waals surface area contributed by atoms with Crippen molar-refractivity contribution in [2.45, 2.75) is 33.2 Å². The van der Waals surface area contributed by atoms with Crippen LogP contribution in [-0.2, 0) is 4.79 Å². The number of aromatic nitrogens is 1. The number of hydrazine groups is 1. The van der Waals surface area contributed by atoms with Crippen LogP contribution in [0.1, 0.15) is 35.2 Å². The highest BCUT2D eigenvalue weighted by atomic mass is 16.5. The van der Waals surface area contributed by atoms with Gasteiger partial charge in [-0.05, 0) is 26.3 Å². The Kier molecular flexibility index (Phi) is 4.95. The van der Waals surface area contributed by atoms with Gasteiger partial charge in [0.25, 0.3) is 5.91 Å². The summed E-state index contributed by atoms with van der Waals surface area (Å²) in [5.74, 6) is 0.754. The minimum absolute atomic E-state index is 0.319. The molecule has 3 N–H and O–H groups in total. The molecule has 0 unspecified atom stereocenters. The Bertz CT molecular complexity index is 661. The number of anilines is 1. The van der Waals surface area contributed by atoms with E-state index in [2.05, 4.69) is 21.3 Å². The minimum atomic E-state index is -0.604. The van der Waals surface area contributed by atoms with Crippen LogP contribution in [0, 0.1) is 13.8 Å². The van der Waals surface area contributed by atoms with E-state index in [1.165, 1.54) is 6.26 Å². The van der Waals surface area contributed by atoms with Crippen LogP contribution >= 0.6 is 0 Å². The first kappa shape index (κ1) is 15.8. The summed E-state index contributed by atoms with van der Waals surface area (Å²) in [5.41, 5.74) is 5.61. The van der Waals surface area contributed by atoms with Crippen LogP contribution in [0.25, 0.3) is 0 Å². The van der Waals surface area contributed by atoms with Crippen molar-refractivity contribution in [3.8, 4) is 0 Å². The third-order valence-electron chi connectivity index (χ3n) is 3.07. The molecule has 2 aromatic heterocycles. The first-order valence-corrected chi connectivity index (χ1v) is 6.85. The van der Waals surface area contributed by atoms with Crippen molar-refractivity contribution >= 4 is 17.6 Å². The van der Waals surface area contributed by atoms with E-state index in [1.807, 2.05) is 6.92 Å². The highest BCUT2D eigenvalue weighted by Gasteiger charge is 2.19. The Morgan fingerprint density at radius 1 is 1.36 bits per heavy atom. The Balaban J connectivity index is 1.90. The molecule has 0 saturated heterocycles. The third kappa shape index (κ3) is 3.73. The molecule has 118 valence electrons. The Hall–Kier alpha value is -2.61. The molecule has 0 saturated carbocycles. The zero-order valence-electron chi connectivity index (χ0n) is 12.6.